The van der Waals surface area contributed by atoms with Crippen molar-refractivity contribution in [2.75, 3.05) is 39.8 Å². The molecule has 0 unspecified atom stereocenters. The van der Waals surface area contributed by atoms with Crippen LogP contribution in [-0.2, 0) is 16.1 Å². The number of carbonyl (C=O) groups is 1. The molecule has 2 aliphatic heterocycles. The molecule has 0 saturated carbocycles. The molecule has 8 nitrogen and oxygen atoms in total. The van der Waals surface area contributed by atoms with Crippen LogP contribution < -0.4 is 10.9 Å². The van der Waals surface area contributed by atoms with Crippen molar-refractivity contribution in [3.63, 3.8) is 0 Å². The fraction of sp³-hybridized carbons (Fsp3) is 0.526. The second-order valence-electron chi connectivity index (χ2n) is 7.22. The molecule has 2 aromatic rings. The highest BCUT2D eigenvalue weighted by atomic mass is 16.5. The van der Waals surface area contributed by atoms with Gasteiger partial charge in [0.25, 0.3) is 11.5 Å². The number of amides is 1. The lowest BCUT2D eigenvalue weighted by Crippen LogP contribution is -2.52. The third kappa shape index (κ3) is 3.87. The van der Waals surface area contributed by atoms with E-state index in [4.69, 9.17) is 4.74 Å². The molecule has 27 heavy (non-hydrogen) atoms. The molecule has 1 aromatic carbocycles. The number of morpholine rings is 1. The van der Waals surface area contributed by atoms with Crippen LogP contribution in [0.4, 0.5) is 0 Å². The van der Waals surface area contributed by atoms with E-state index in [9.17, 15) is 9.59 Å². The van der Waals surface area contributed by atoms with Gasteiger partial charge in [0.1, 0.15) is 11.9 Å². The van der Waals surface area contributed by atoms with Gasteiger partial charge in [-0.2, -0.15) is 0 Å². The second-order valence-corrected chi connectivity index (χ2v) is 7.22. The molecule has 2 saturated heterocycles. The molecule has 0 aliphatic carbocycles. The summed E-state index contributed by atoms with van der Waals surface area (Å²) in [6, 6.07) is 7.53. The number of H-pyrrole nitrogens is 1. The van der Waals surface area contributed by atoms with Gasteiger partial charge in [0.15, 0.2) is 0 Å². The van der Waals surface area contributed by atoms with Crippen molar-refractivity contribution in [2.24, 2.45) is 0 Å². The van der Waals surface area contributed by atoms with E-state index >= 15 is 0 Å². The van der Waals surface area contributed by atoms with E-state index in [2.05, 4.69) is 20.2 Å². The highest BCUT2D eigenvalue weighted by Crippen LogP contribution is 2.14. The van der Waals surface area contributed by atoms with Crippen LogP contribution in [0, 0.1) is 0 Å². The summed E-state index contributed by atoms with van der Waals surface area (Å²) in [4.78, 5) is 36.4. The first kappa shape index (κ1) is 18.1. The number of rotatable bonds is 4. The molecule has 2 N–H and O–H groups in total. The third-order valence-corrected chi connectivity index (χ3v) is 5.39. The quantitative estimate of drug-likeness (QED) is 0.783. The molecule has 2 atom stereocenters. The van der Waals surface area contributed by atoms with Gasteiger partial charge >= 0.3 is 0 Å². The summed E-state index contributed by atoms with van der Waals surface area (Å²) >= 11 is 0. The Morgan fingerprint density at radius 3 is 3.07 bits per heavy atom. The Morgan fingerprint density at radius 2 is 2.26 bits per heavy atom. The van der Waals surface area contributed by atoms with E-state index < -0.39 is 6.10 Å². The van der Waals surface area contributed by atoms with Crippen molar-refractivity contribution < 1.29 is 9.53 Å². The minimum atomic E-state index is -0.475. The number of aromatic nitrogens is 2. The van der Waals surface area contributed by atoms with Crippen molar-refractivity contribution >= 4 is 16.8 Å². The summed E-state index contributed by atoms with van der Waals surface area (Å²) in [5, 5.41) is 3.87. The first-order chi connectivity index (χ1) is 13.1. The van der Waals surface area contributed by atoms with Gasteiger partial charge < -0.3 is 19.9 Å². The highest BCUT2D eigenvalue weighted by Gasteiger charge is 2.32. The molecule has 144 valence electrons. The van der Waals surface area contributed by atoms with Gasteiger partial charge in [-0.15, -0.1) is 0 Å². The van der Waals surface area contributed by atoms with Crippen LogP contribution in [0.25, 0.3) is 10.9 Å². The van der Waals surface area contributed by atoms with E-state index in [-0.39, 0.29) is 17.5 Å². The average molecular weight is 371 g/mol. The van der Waals surface area contributed by atoms with Crippen LogP contribution in [0.2, 0.25) is 0 Å². The van der Waals surface area contributed by atoms with E-state index in [0.29, 0.717) is 43.0 Å². The molecule has 0 spiro atoms. The van der Waals surface area contributed by atoms with E-state index in [1.54, 1.807) is 6.07 Å². The SMILES string of the molecule is CN(C(=O)[C@@H]1CN(Cc2nc3ccccc3c(=O)[nH]2)CCO1)[C@H]1CCNC1. The number of para-hydroxylation sites is 1. The number of hydrogen-bond acceptors (Lipinski definition) is 6. The zero-order valence-corrected chi connectivity index (χ0v) is 15.5. The van der Waals surface area contributed by atoms with Gasteiger partial charge in [0.05, 0.1) is 24.1 Å². The normalized spacial score (nSPS) is 23.6. The van der Waals surface area contributed by atoms with Crippen molar-refractivity contribution in [1.82, 2.24) is 25.1 Å². The number of hydrogen-bond donors (Lipinski definition) is 2. The number of likely N-dealkylation sites (N-methyl/N-ethyl adjacent to an activating group) is 1. The molecule has 0 radical (unpaired) electrons. The van der Waals surface area contributed by atoms with Gasteiger partial charge in [0, 0.05) is 32.7 Å². The average Bonchev–Trinajstić information content (AvgIpc) is 3.22. The predicted octanol–water partition coefficient (Wildman–Crippen LogP) is -0.0558. The highest BCUT2D eigenvalue weighted by molar-refractivity contribution is 5.81. The Kier molecular flexibility index (Phi) is 5.20. The van der Waals surface area contributed by atoms with E-state index in [1.165, 1.54) is 0 Å². The minimum absolute atomic E-state index is 0.0216. The standard InChI is InChI=1S/C19H25N5O3/c1-23(13-6-7-20-10-13)19(26)16-11-24(8-9-27-16)12-17-21-15-5-3-2-4-14(15)18(25)22-17/h2-5,13,16,20H,6-12H2,1H3,(H,21,22,25)/t13-,16-/m0/s1. The summed E-state index contributed by atoms with van der Waals surface area (Å²) < 4.78 is 5.74. The van der Waals surface area contributed by atoms with Crippen LogP contribution >= 0.6 is 0 Å². The second kappa shape index (κ2) is 7.75. The Balaban J connectivity index is 1.44. The summed E-state index contributed by atoms with van der Waals surface area (Å²) in [6.07, 6.45) is 0.498. The first-order valence-electron chi connectivity index (χ1n) is 9.41. The maximum atomic E-state index is 12.8. The number of ether oxygens (including phenoxy) is 1. The van der Waals surface area contributed by atoms with Crippen LogP contribution in [0.15, 0.2) is 29.1 Å². The molecule has 3 heterocycles. The zero-order chi connectivity index (χ0) is 18.8. The molecule has 0 bridgehead atoms. The molecule has 4 rings (SSSR count). The van der Waals surface area contributed by atoms with Gasteiger partial charge in [-0.1, -0.05) is 12.1 Å². The number of carbonyl (C=O) groups excluding carboxylic acids is 1. The molecule has 1 amide bonds. The number of aromatic amines is 1. The smallest absolute Gasteiger partial charge is 0.258 e. The van der Waals surface area contributed by atoms with Crippen molar-refractivity contribution in [1.29, 1.82) is 0 Å². The Morgan fingerprint density at radius 1 is 1.41 bits per heavy atom. The topological polar surface area (TPSA) is 90.6 Å². The molecule has 2 aliphatic rings. The molecular formula is C19H25N5O3. The first-order valence-corrected chi connectivity index (χ1v) is 9.41. The Bertz CT molecular complexity index is 877. The lowest BCUT2D eigenvalue weighted by Gasteiger charge is -2.35. The largest absolute Gasteiger partial charge is 0.366 e. The molecule has 1 aromatic heterocycles. The lowest BCUT2D eigenvalue weighted by molar-refractivity contribution is -0.150. The van der Waals surface area contributed by atoms with Crippen LogP contribution in [0.1, 0.15) is 12.2 Å². The molecule has 2 fully saturated rings. The Hall–Kier alpha value is -2.29. The van der Waals surface area contributed by atoms with Gasteiger partial charge in [-0.05, 0) is 25.1 Å². The van der Waals surface area contributed by atoms with E-state index in [0.717, 1.165) is 19.5 Å². The summed E-state index contributed by atoms with van der Waals surface area (Å²) in [7, 11) is 1.85. The van der Waals surface area contributed by atoms with Gasteiger partial charge in [0.2, 0.25) is 0 Å². The summed E-state index contributed by atoms with van der Waals surface area (Å²) in [6.45, 7) is 3.96. The number of nitrogens with one attached hydrogen (secondary N) is 2. The van der Waals surface area contributed by atoms with Crippen LogP contribution in [0.5, 0.6) is 0 Å². The minimum Gasteiger partial charge on any atom is -0.366 e. The maximum absolute atomic E-state index is 12.8. The summed E-state index contributed by atoms with van der Waals surface area (Å²) in [5.74, 6) is 0.633. The van der Waals surface area contributed by atoms with E-state index in [1.807, 2.05) is 30.1 Å². The van der Waals surface area contributed by atoms with Crippen molar-refractivity contribution in [3.8, 4) is 0 Å². The zero-order valence-electron chi connectivity index (χ0n) is 15.5. The van der Waals surface area contributed by atoms with Gasteiger partial charge in [-0.25, -0.2) is 4.98 Å². The van der Waals surface area contributed by atoms with Crippen LogP contribution in [-0.4, -0.2) is 77.7 Å². The number of nitrogens with zero attached hydrogens (tertiary/aromatic N) is 3. The fourth-order valence-corrected chi connectivity index (χ4v) is 3.79. The van der Waals surface area contributed by atoms with Crippen molar-refractivity contribution in [2.45, 2.75) is 25.1 Å². The van der Waals surface area contributed by atoms with Gasteiger partial charge in [-0.3, -0.25) is 14.5 Å². The summed E-state index contributed by atoms with van der Waals surface area (Å²) in [5.41, 5.74) is 0.551. The third-order valence-electron chi connectivity index (χ3n) is 5.39. The van der Waals surface area contributed by atoms with Crippen molar-refractivity contribution in [3.05, 3.63) is 40.4 Å². The molecule has 8 heteroatoms. The van der Waals surface area contributed by atoms with Crippen LogP contribution in [0.3, 0.4) is 0 Å². The number of benzene rings is 1. The lowest BCUT2D eigenvalue weighted by atomic mass is 10.2. The predicted molar refractivity (Wildman–Crippen MR) is 101 cm³/mol. The monoisotopic (exact) mass is 371 g/mol. The maximum Gasteiger partial charge on any atom is 0.258 e. The fourth-order valence-electron chi connectivity index (χ4n) is 3.79. The molecular weight excluding hydrogens is 346 g/mol. The number of fused-ring (bicyclic) bond motifs is 1. The Labute approximate surface area is 157 Å².